The van der Waals surface area contributed by atoms with Crippen LogP contribution in [0.4, 0.5) is 0 Å². The predicted molar refractivity (Wildman–Crippen MR) is 96.4 cm³/mol. The Bertz CT molecular complexity index is 486. The zero-order valence-electron chi connectivity index (χ0n) is 13.2. The van der Waals surface area contributed by atoms with Gasteiger partial charge in [0.05, 0.1) is 6.54 Å². The van der Waals surface area contributed by atoms with Gasteiger partial charge in [-0.05, 0) is 38.1 Å². The third-order valence-corrected chi connectivity index (χ3v) is 4.84. The van der Waals surface area contributed by atoms with Gasteiger partial charge in [-0.25, -0.2) is 0 Å². The van der Waals surface area contributed by atoms with Crippen molar-refractivity contribution in [2.45, 2.75) is 25.4 Å². The van der Waals surface area contributed by atoms with Crippen molar-refractivity contribution in [1.82, 2.24) is 15.1 Å². The highest BCUT2D eigenvalue weighted by Crippen LogP contribution is 2.17. The standard InChI is InChI=1S/C16H24BrN3O.ClH/c1-18-14-7-5-9-20(11-14)12-16(21)19(2)10-13-6-3-4-8-15(13)17;/h3-4,6,8,14,18H,5,7,9-12H2,1-2H3;1H. The van der Waals surface area contributed by atoms with Crippen LogP contribution in [0, 0.1) is 0 Å². The van der Waals surface area contributed by atoms with Gasteiger partial charge in [-0.2, -0.15) is 0 Å². The Morgan fingerprint density at radius 3 is 2.86 bits per heavy atom. The lowest BCUT2D eigenvalue weighted by Crippen LogP contribution is -2.48. The van der Waals surface area contributed by atoms with Gasteiger partial charge in [0.2, 0.25) is 5.91 Å². The highest BCUT2D eigenvalue weighted by atomic mass is 79.9. The molecule has 0 radical (unpaired) electrons. The van der Waals surface area contributed by atoms with Crippen LogP contribution < -0.4 is 5.32 Å². The topological polar surface area (TPSA) is 35.6 Å². The first kappa shape index (κ1) is 19.4. The Labute approximate surface area is 147 Å². The normalized spacial score (nSPS) is 18.6. The smallest absolute Gasteiger partial charge is 0.236 e. The quantitative estimate of drug-likeness (QED) is 0.839. The van der Waals surface area contributed by atoms with Crippen molar-refractivity contribution >= 4 is 34.2 Å². The van der Waals surface area contributed by atoms with Crippen LogP contribution in [0.5, 0.6) is 0 Å². The maximum absolute atomic E-state index is 12.4. The van der Waals surface area contributed by atoms with Gasteiger partial charge in [0.1, 0.15) is 0 Å². The van der Waals surface area contributed by atoms with Crippen molar-refractivity contribution in [1.29, 1.82) is 0 Å². The van der Waals surface area contributed by atoms with E-state index >= 15 is 0 Å². The minimum Gasteiger partial charge on any atom is -0.340 e. The number of hydrogen-bond acceptors (Lipinski definition) is 3. The molecule has 1 heterocycles. The number of likely N-dealkylation sites (tertiary alicyclic amines) is 1. The van der Waals surface area contributed by atoms with Crippen molar-refractivity contribution in [2.24, 2.45) is 0 Å². The highest BCUT2D eigenvalue weighted by Gasteiger charge is 2.21. The SMILES string of the molecule is CNC1CCCN(CC(=O)N(C)Cc2ccccc2Br)C1.Cl. The minimum atomic E-state index is 0. The molecule has 0 bridgehead atoms. The summed E-state index contributed by atoms with van der Waals surface area (Å²) in [6, 6.07) is 8.56. The van der Waals surface area contributed by atoms with Crippen LogP contribution in [0.1, 0.15) is 18.4 Å². The van der Waals surface area contributed by atoms with E-state index in [4.69, 9.17) is 0 Å². The molecule has 1 aliphatic rings. The van der Waals surface area contributed by atoms with E-state index in [2.05, 4.69) is 26.1 Å². The fourth-order valence-corrected chi connectivity index (χ4v) is 3.13. The number of amides is 1. The Morgan fingerprint density at radius 1 is 1.45 bits per heavy atom. The summed E-state index contributed by atoms with van der Waals surface area (Å²) in [7, 11) is 3.87. The van der Waals surface area contributed by atoms with E-state index in [9.17, 15) is 4.79 Å². The number of nitrogens with zero attached hydrogens (tertiary/aromatic N) is 2. The van der Waals surface area contributed by atoms with Crippen molar-refractivity contribution < 1.29 is 4.79 Å². The van der Waals surface area contributed by atoms with Crippen molar-refractivity contribution in [3.8, 4) is 0 Å². The number of nitrogens with one attached hydrogen (secondary N) is 1. The summed E-state index contributed by atoms with van der Waals surface area (Å²) in [6.45, 7) is 3.14. The summed E-state index contributed by atoms with van der Waals surface area (Å²) in [5.74, 6) is 0.183. The largest absolute Gasteiger partial charge is 0.340 e. The summed E-state index contributed by atoms with van der Waals surface area (Å²) in [5.41, 5.74) is 1.14. The predicted octanol–water partition coefficient (Wildman–Crippen LogP) is 2.51. The number of carbonyl (C=O) groups excluding carboxylic acids is 1. The molecule has 1 aliphatic heterocycles. The van der Waals surface area contributed by atoms with Crippen LogP contribution >= 0.6 is 28.3 Å². The summed E-state index contributed by atoms with van der Waals surface area (Å²) >= 11 is 3.53. The lowest BCUT2D eigenvalue weighted by atomic mass is 10.1. The fourth-order valence-electron chi connectivity index (χ4n) is 2.72. The van der Waals surface area contributed by atoms with E-state index in [1.165, 1.54) is 6.42 Å². The molecule has 124 valence electrons. The molecule has 0 aromatic heterocycles. The first-order valence-corrected chi connectivity index (χ1v) is 8.26. The molecule has 2 rings (SSSR count). The van der Waals surface area contributed by atoms with E-state index in [0.717, 1.165) is 29.5 Å². The molecular weight excluding hydrogens is 366 g/mol. The molecule has 1 fully saturated rings. The Morgan fingerprint density at radius 2 is 2.18 bits per heavy atom. The van der Waals surface area contributed by atoms with Crippen LogP contribution in [-0.2, 0) is 11.3 Å². The van der Waals surface area contributed by atoms with Crippen LogP contribution in [0.3, 0.4) is 0 Å². The van der Waals surface area contributed by atoms with Crippen LogP contribution in [0.2, 0.25) is 0 Å². The third kappa shape index (κ3) is 5.54. The van der Waals surface area contributed by atoms with Gasteiger partial charge in [-0.1, -0.05) is 34.1 Å². The molecule has 1 unspecified atom stereocenters. The second-order valence-corrected chi connectivity index (χ2v) is 6.56. The van der Waals surface area contributed by atoms with Gasteiger partial charge in [-0.3, -0.25) is 9.69 Å². The third-order valence-electron chi connectivity index (χ3n) is 4.06. The number of rotatable bonds is 5. The van der Waals surface area contributed by atoms with E-state index in [1.807, 2.05) is 43.3 Å². The van der Waals surface area contributed by atoms with Gasteiger partial charge < -0.3 is 10.2 Å². The number of benzene rings is 1. The van der Waals surface area contributed by atoms with Crippen LogP contribution in [0.25, 0.3) is 0 Å². The highest BCUT2D eigenvalue weighted by molar-refractivity contribution is 9.10. The minimum absolute atomic E-state index is 0. The molecular formula is C16H25BrClN3O. The van der Waals surface area contributed by atoms with Crippen molar-refractivity contribution in [3.05, 3.63) is 34.3 Å². The van der Waals surface area contributed by atoms with Crippen molar-refractivity contribution in [2.75, 3.05) is 33.7 Å². The molecule has 1 N–H and O–H groups in total. The van der Waals surface area contributed by atoms with Gasteiger partial charge in [0, 0.05) is 30.7 Å². The molecule has 1 aromatic carbocycles. The first-order chi connectivity index (χ1) is 10.1. The molecule has 1 aromatic rings. The molecule has 6 heteroatoms. The molecule has 4 nitrogen and oxygen atoms in total. The monoisotopic (exact) mass is 389 g/mol. The molecule has 1 atom stereocenters. The average Bonchev–Trinajstić information content (AvgIpc) is 2.49. The first-order valence-electron chi connectivity index (χ1n) is 7.47. The number of hydrogen-bond donors (Lipinski definition) is 1. The second kappa shape index (κ2) is 9.50. The van der Waals surface area contributed by atoms with Crippen molar-refractivity contribution in [3.63, 3.8) is 0 Å². The van der Waals surface area contributed by atoms with Crippen LogP contribution in [-0.4, -0.2) is 55.5 Å². The molecule has 22 heavy (non-hydrogen) atoms. The maximum Gasteiger partial charge on any atom is 0.236 e. The fraction of sp³-hybridized carbons (Fsp3) is 0.562. The van der Waals surface area contributed by atoms with E-state index in [1.54, 1.807) is 0 Å². The second-order valence-electron chi connectivity index (χ2n) is 5.70. The van der Waals surface area contributed by atoms with Gasteiger partial charge >= 0.3 is 0 Å². The summed E-state index contributed by atoms with van der Waals surface area (Å²) in [5, 5.41) is 3.31. The van der Waals surface area contributed by atoms with Gasteiger partial charge in [-0.15, -0.1) is 12.4 Å². The average molecular weight is 391 g/mol. The zero-order valence-corrected chi connectivity index (χ0v) is 15.6. The molecule has 0 spiro atoms. The van der Waals surface area contributed by atoms with Crippen LogP contribution in [0.15, 0.2) is 28.7 Å². The number of likely N-dealkylation sites (N-methyl/N-ethyl adjacent to an activating group) is 2. The van der Waals surface area contributed by atoms with E-state index < -0.39 is 0 Å². The van der Waals surface area contributed by atoms with Gasteiger partial charge in [0.15, 0.2) is 0 Å². The number of carbonyl (C=O) groups is 1. The zero-order chi connectivity index (χ0) is 15.2. The summed E-state index contributed by atoms with van der Waals surface area (Å²) in [6.07, 6.45) is 2.36. The Kier molecular flexibility index (Phi) is 8.39. The lowest BCUT2D eigenvalue weighted by Gasteiger charge is -2.33. The Balaban J connectivity index is 0.00000242. The molecule has 0 saturated carbocycles. The number of halogens is 2. The summed E-state index contributed by atoms with van der Waals surface area (Å²) < 4.78 is 1.05. The molecule has 1 amide bonds. The van der Waals surface area contributed by atoms with Gasteiger partial charge in [0.25, 0.3) is 0 Å². The summed E-state index contributed by atoms with van der Waals surface area (Å²) in [4.78, 5) is 16.4. The number of piperidine rings is 1. The molecule has 1 saturated heterocycles. The molecule has 0 aliphatic carbocycles. The van der Waals surface area contributed by atoms with E-state index in [0.29, 0.717) is 19.1 Å². The maximum atomic E-state index is 12.4. The lowest BCUT2D eigenvalue weighted by molar-refractivity contribution is -0.132. The van der Waals surface area contributed by atoms with E-state index in [-0.39, 0.29) is 18.3 Å². The Hall–Kier alpha value is -0.620.